The van der Waals surface area contributed by atoms with Gasteiger partial charge in [-0.05, 0) is 31.6 Å². The van der Waals surface area contributed by atoms with Crippen molar-refractivity contribution in [2.45, 2.75) is 51.6 Å². The number of rotatable bonds is 4. The summed E-state index contributed by atoms with van der Waals surface area (Å²) in [6.07, 6.45) is 2.72. The Kier molecular flexibility index (Phi) is 4.39. The highest BCUT2D eigenvalue weighted by Crippen LogP contribution is 2.31. The molecule has 3 heterocycles. The largest absolute Gasteiger partial charge is 0.327 e. The van der Waals surface area contributed by atoms with Gasteiger partial charge in [-0.15, -0.1) is 0 Å². The van der Waals surface area contributed by atoms with E-state index in [1.807, 2.05) is 13.8 Å². The van der Waals surface area contributed by atoms with Crippen LogP contribution in [0.2, 0.25) is 0 Å². The Balaban J connectivity index is 1.64. The molecule has 0 saturated carbocycles. The Morgan fingerprint density at radius 1 is 1.09 bits per heavy atom. The second-order valence-electron chi connectivity index (χ2n) is 7.14. The molecule has 0 aliphatic carbocycles. The first-order valence-corrected chi connectivity index (χ1v) is 10.0. The van der Waals surface area contributed by atoms with E-state index < -0.39 is 10.0 Å². The number of hydrogen-bond acceptors (Lipinski definition) is 4. The molecule has 0 spiro atoms. The van der Waals surface area contributed by atoms with Crippen molar-refractivity contribution in [3.63, 3.8) is 0 Å². The second-order valence-corrected chi connectivity index (χ2v) is 9.16. The van der Waals surface area contributed by atoms with E-state index in [1.54, 1.807) is 4.90 Å². The van der Waals surface area contributed by atoms with Crippen LogP contribution in [0.3, 0.4) is 0 Å². The first-order valence-electron chi connectivity index (χ1n) is 8.43. The van der Waals surface area contributed by atoms with E-state index in [0.717, 1.165) is 12.8 Å². The average Bonchev–Trinajstić information content (AvgIpc) is 3.03. The van der Waals surface area contributed by atoms with Crippen molar-refractivity contribution in [2.24, 2.45) is 5.92 Å². The van der Waals surface area contributed by atoms with Crippen LogP contribution in [-0.2, 0) is 14.8 Å². The number of imide groups is 1. The van der Waals surface area contributed by atoms with E-state index in [9.17, 15) is 18.0 Å². The molecule has 8 heteroatoms. The van der Waals surface area contributed by atoms with E-state index in [-0.39, 0.29) is 35.7 Å². The Labute approximate surface area is 137 Å². The molecule has 0 aromatic carbocycles. The summed E-state index contributed by atoms with van der Waals surface area (Å²) in [6.45, 7) is 5.22. The second kappa shape index (κ2) is 6.05. The molecule has 130 valence electrons. The molecule has 0 aromatic rings. The van der Waals surface area contributed by atoms with Crippen molar-refractivity contribution in [3.8, 4) is 0 Å². The predicted molar refractivity (Wildman–Crippen MR) is 85.2 cm³/mol. The summed E-state index contributed by atoms with van der Waals surface area (Å²) in [5, 5.41) is 0. The number of carbonyl (C=O) groups excluding carboxylic acids is 2. The minimum atomic E-state index is -3.24. The number of nitrogens with zero attached hydrogens (tertiary/aromatic N) is 3. The maximum absolute atomic E-state index is 12.5. The molecule has 0 radical (unpaired) electrons. The van der Waals surface area contributed by atoms with Gasteiger partial charge in [-0.2, -0.15) is 0 Å². The number of urea groups is 1. The van der Waals surface area contributed by atoms with Crippen LogP contribution in [-0.4, -0.2) is 71.9 Å². The minimum absolute atomic E-state index is 0.0870. The Hall–Kier alpha value is -1.15. The molecule has 0 bridgehead atoms. The summed E-state index contributed by atoms with van der Waals surface area (Å²) in [7, 11) is -3.24. The molecule has 3 rings (SSSR count). The van der Waals surface area contributed by atoms with Gasteiger partial charge in [0.05, 0.1) is 5.75 Å². The Morgan fingerprint density at radius 3 is 2.30 bits per heavy atom. The fourth-order valence-corrected chi connectivity index (χ4v) is 5.71. The zero-order chi connectivity index (χ0) is 16.8. The average molecular weight is 343 g/mol. The van der Waals surface area contributed by atoms with Crippen molar-refractivity contribution in [1.82, 2.24) is 14.1 Å². The number of piperidine rings is 1. The Bertz CT molecular complexity index is 574. The molecule has 0 aromatic heterocycles. The van der Waals surface area contributed by atoms with Crippen LogP contribution in [0.15, 0.2) is 0 Å². The van der Waals surface area contributed by atoms with Gasteiger partial charge in [0.1, 0.15) is 6.04 Å². The number of fused-ring (bicyclic) bond motifs is 1. The lowest BCUT2D eigenvalue weighted by Gasteiger charge is -2.35. The molecule has 3 amide bonds. The highest BCUT2D eigenvalue weighted by Gasteiger charge is 2.50. The molecular weight excluding hydrogens is 318 g/mol. The van der Waals surface area contributed by atoms with Crippen molar-refractivity contribution < 1.29 is 18.0 Å². The van der Waals surface area contributed by atoms with Gasteiger partial charge >= 0.3 is 6.03 Å². The van der Waals surface area contributed by atoms with Crippen LogP contribution in [0.4, 0.5) is 4.79 Å². The Morgan fingerprint density at radius 2 is 1.74 bits per heavy atom. The summed E-state index contributed by atoms with van der Waals surface area (Å²) < 4.78 is 26.1. The van der Waals surface area contributed by atoms with E-state index >= 15 is 0 Å². The van der Waals surface area contributed by atoms with E-state index in [0.29, 0.717) is 32.5 Å². The first kappa shape index (κ1) is 16.7. The van der Waals surface area contributed by atoms with Gasteiger partial charge in [-0.25, -0.2) is 17.5 Å². The standard InChI is InChI=1S/C15H25N3O4S/c1-11(2)10-23(21,22)16-8-5-12(6-9-16)18-14(19)13-4-3-7-17(13)15(18)20/h11-13H,3-10H2,1-2H3/t13-/m0/s1. The number of sulfonamides is 1. The van der Waals surface area contributed by atoms with Crippen LogP contribution in [0.5, 0.6) is 0 Å². The number of hydrogen-bond donors (Lipinski definition) is 0. The molecule has 3 saturated heterocycles. The quantitative estimate of drug-likeness (QED) is 0.710. The van der Waals surface area contributed by atoms with Gasteiger partial charge in [0.15, 0.2) is 0 Å². The highest BCUT2D eigenvalue weighted by atomic mass is 32.2. The maximum Gasteiger partial charge on any atom is 0.327 e. The number of amides is 3. The third-order valence-corrected chi connectivity index (χ3v) is 7.19. The van der Waals surface area contributed by atoms with Gasteiger partial charge in [0.25, 0.3) is 5.91 Å². The van der Waals surface area contributed by atoms with E-state index in [2.05, 4.69) is 0 Å². The zero-order valence-corrected chi connectivity index (χ0v) is 14.6. The van der Waals surface area contributed by atoms with Gasteiger partial charge in [-0.3, -0.25) is 9.69 Å². The fraction of sp³-hybridized carbons (Fsp3) is 0.867. The van der Waals surface area contributed by atoms with E-state index in [4.69, 9.17) is 0 Å². The van der Waals surface area contributed by atoms with Gasteiger partial charge in [0.2, 0.25) is 10.0 Å². The first-order chi connectivity index (χ1) is 10.8. The lowest BCUT2D eigenvalue weighted by atomic mass is 10.0. The van der Waals surface area contributed by atoms with Crippen LogP contribution in [0.25, 0.3) is 0 Å². The van der Waals surface area contributed by atoms with E-state index in [1.165, 1.54) is 9.21 Å². The normalized spacial score (nSPS) is 27.3. The van der Waals surface area contributed by atoms with Gasteiger partial charge in [-0.1, -0.05) is 13.8 Å². The fourth-order valence-electron chi connectivity index (χ4n) is 3.89. The molecule has 3 aliphatic rings. The third kappa shape index (κ3) is 2.98. The summed E-state index contributed by atoms with van der Waals surface area (Å²) >= 11 is 0. The molecule has 1 atom stereocenters. The SMILES string of the molecule is CC(C)CS(=O)(=O)N1CCC(N2C(=O)[C@@H]3CCCN3C2=O)CC1. The molecule has 0 unspecified atom stereocenters. The topological polar surface area (TPSA) is 78.0 Å². The highest BCUT2D eigenvalue weighted by molar-refractivity contribution is 7.89. The third-order valence-electron chi connectivity index (χ3n) is 4.95. The molecule has 3 aliphatic heterocycles. The van der Waals surface area contributed by atoms with Crippen LogP contribution < -0.4 is 0 Å². The predicted octanol–water partition coefficient (Wildman–Crippen LogP) is 0.863. The summed E-state index contributed by atoms with van der Waals surface area (Å²) in [6, 6.07) is -0.614. The molecular formula is C15H25N3O4S. The van der Waals surface area contributed by atoms with Crippen molar-refractivity contribution >= 4 is 22.0 Å². The van der Waals surface area contributed by atoms with Crippen LogP contribution in [0.1, 0.15) is 39.5 Å². The van der Waals surface area contributed by atoms with Crippen LogP contribution >= 0.6 is 0 Å². The zero-order valence-electron chi connectivity index (χ0n) is 13.8. The van der Waals surface area contributed by atoms with Crippen molar-refractivity contribution in [2.75, 3.05) is 25.4 Å². The smallest absolute Gasteiger partial charge is 0.312 e. The minimum Gasteiger partial charge on any atom is -0.312 e. The van der Waals surface area contributed by atoms with Crippen molar-refractivity contribution in [1.29, 1.82) is 0 Å². The van der Waals surface area contributed by atoms with Crippen LogP contribution in [0, 0.1) is 5.92 Å². The lowest BCUT2D eigenvalue weighted by molar-refractivity contribution is -0.129. The maximum atomic E-state index is 12.5. The van der Waals surface area contributed by atoms with Gasteiger partial charge < -0.3 is 4.90 Å². The molecule has 23 heavy (non-hydrogen) atoms. The van der Waals surface area contributed by atoms with Gasteiger partial charge in [0, 0.05) is 25.7 Å². The summed E-state index contributed by atoms with van der Waals surface area (Å²) in [5.41, 5.74) is 0. The summed E-state index contributed by atoms with van der Waals surface area (Å²) in [4.78, 5) is 27.9. The lowest BCUT2D eigenvalue weighted by Crippen LogP contribution is -2.50. The molecule has 0 N–H and O–H groups in total. The monoisotopic (exact) mass is 343 g/mol. The molecule has 3 fully saturated rings. The number of carbonyl (C=O) groups is 2. The molecule has 7 nitrogen and oxygen atoms in total. The van der Waals surface area contributed by atoms with Crippen molar-refractivity contribution in [3.05, 3.63) is 0 Å². The summed E-state index contributed by atoms with van der Waals surface area (Å²) in [5.74, 6) is 0.150.